The van der Waals surface area contributed by atoms with Crippen LogP contribution in [0.4, 0.5) is 4.39 Å². The molecule has 0 spiro atoms. The normalized spacial score (nSPS) is 10.4. The summed E-state index contributed by atoms with van der Waals surface area (Å²) in [6.45, 7) is 1.33. The number of hydrogen-bond acceptors (Lipinski definition) is 3. The average Bonchev–Trinajstić information content (AvgIpc) is 2.55. The first-order valence-electron chi connectivity index (χ1n) is 7.49. The van der Waals surface area contributed by atoms with Gasteiger partial charge in [0.15, 0.2) is 0 Å². The van der Waals surface area contributed by atoms with E-state index in [1.165, 1.54) is 6.07 Å². The number of nitrogens with zero attached hydrogens (tertiary/aromatic N) is 1. The number of carbonyl (C=O) groups is 1. The zero-order chi connectivity index (χ0) is 16.8. The highest BCUT2D eigenvalue weighted by atomic mass is 35.5. The molecule has 3 N–H and O–H groups in total. The summed E-state index contributed by atoms with van der Waals surface area (Å²) >= 11 is 0. The molecule has 0 unspecified atom stereocenters. The van der Waals surface area contributed by atoms with Crippen LogP contribution in [0.2, 0.25) is 0 Å². The lowest BCUT2D eigenvalue weighted by molar-refractivity contribution is 0.0951. The van der Waals surface area contributed by atoms with Crippen LogP contribution in [0.25, 0.3) is 0 Å². The van der Waals surface area contributed by atoms with Crippen molar-refractivity contribution in [2.45, 2.75) is 19.6 Å². The molecule has 0 saturated heterocycles. The third kappa shape index (κ3) is 5.60. The first kappa shape index (κ1) is 20.1. The molecule has 0 heterocycles. The Kier molecular flexibility index (Phi) is 7.85. The Morgan fingerprint density at radius 2 is 1.75 bits per heavy atom. The Bertz CT molecular complexity index is 674. The molecule has 4 nitrogen and oxygen atoms in total. The van der Waals surface area contributed by atoms with E-state index in [4.69, 9.17) is 5.73 Å². The number of amides is 1. The maximum atomic E-state index is 13.7. The van der Waals surface area contributed by atoms with E-state index in [-0.39, 0.29) is 24.1 Å². The summed E-state index contributed by atoms with van der Waals surface area (Å²) < 4.78 is 13.7. The molecule has 0 radical (unpaired) electrons. The molecule has 0 aromatic heterocycles. The van der Waals surface area contributed by atoms with Crippen molar-refractivity contribution >= 4 is 18.3 Å². The molecule has 0 bridgehead atoms. The molecule has 0 aliphatic rings. The maximum absolute atomic E-state index is 13.7. The number of benzene rings is 2. The van der Waals surface area contributed by atoms with Crippen molar-refractivity contribution in [3.05, 3.63) is 70.5 Å². The van der Waals surface area contributed by atoms with E-state index >= 15 is 0 Å². The van der Waals surface area contributed by atoms with Gasteiger partial charge >= 0.3 is 0 Å². The number of rotatable bonds is 6. The largest absolute Gasteiger partial charge is 0.348 e. The second-order valence-electron chi connectivity index (χ2n) is 5.75. The van der Waals surface area contributed by atoms with Crippen molar-refractivity contribution < 1.29 is 9.18 Å². The van der Waals surface area contributed by atoms with Gasteiger partial charge in [-0.25, -0.2) is 4.39 Å². The molecule has 0 saturated carbocycles. The van der Waals surface area contributed by atoms with Gasteiger partial charge in [-0.15, -0.1) is 12.4 Å². The van der Waals surface area contributed by atoms with E-state index in [9.17, 15) is 9.18 Å². The number of carbonyl (C=O) groups excluding carboxylic acids is 1. The van der Waals surface area contributed by atoms with Gasteiger partial charge in [0.1, 0.15) is 5.82 Å². The summed E-state index contributed by atoms with van der Waals surface area (Å²) in [6.07, 6.45) is 0. The van der Waals surface area contributed by atoms with Crippen LogP contribution < -0.4 is 11.1 Å². The second-order valence-corrected chi connectivity index (χ2v) is 5.75. The smallest absolute Gasteiger partial charge is 0.251 e. The lowest BCUT2D eigenvalue weighted by Gasteiger charge is -2.12. The van der Waals surface area contributed by atoms with Crippen molar-refractivity contribution in [2.24, 2.45) is 5.73 Å². The van der Waals surface area contributed by atoms with Crippen LogP contribution in [0, 0.1) is 5.82 Å². The minimum absolute atomic E-state index is 0. The fraction of sp³-hybridized carbons (Fsp3) is 0.278. The average molecular weight is 352 g/mol. The van der Waals surface area contributed by atoms with Crippen LogP contribution in [-0.4, -0.2) is 24.9 Å². The van der Waals surface area contributed by atoms with Crippen LogP contribution in [0.3, 0.4) is 0 Å². The van der Waals surface area contributed by atoms with Crippen LogP contribution in [0.1, 0.15) is 27.0 Å². The van der Waals surface area contributed by atoms with E-state index in [1.54, 1.807) is 24.3 Å². The first-order valence-corrected chi connectivity index (χ1v) is 7.49. The molecular formula is C18H23ClFN3O. The van der Waals surface area contributed by atoms with Gasteiger partial charge in [0.05, 0.1) is 0 Å². The molecule has 1 amide bonds. The van der Waals surface area contributed by atoms with Gasteiger partial charge in [0.25, 0.3) is 5.91 Å². The van der Waals surface area contributed by atoms with E-state index < -0.39 is 0 Å². The Morgan fingerprint density at radius 3 is 2.33 bits per heavy atom. The Labute approximate surface area is 148 Å². The molecule has 6 heteroatoms. The SMILES string of the molecule is CN(C)Cc1cc(CNC(=O)c2ccc(CN)cc2)ccc1F.Cl. The van der Waals surface area contributed by atoms with Crippen molar-refractivity contribution in [3.63, 3.8) is 0 Å². The molecule has 0 aliphatic heterocycles. The standard InChI is InChI=1S/C18H22FN3O.ClH/c1-22(2)12-16-9-14(5-8-17(16)19)11-21-18(23)15-6-3-13(10-20)4-7-15;/h3-9H,10-12,20H2,1-2H3,(H,21,23);1H. The highest BCUT2D eigenvalue weighted by Crippen LogP contribution is 2.12. The number of nitrogens with two attached hydrogens (primary N) is 1. The van der Waals surface area contributed by atoms with Gasteiger partial charge in [-0.05, 0) is 49.5 Å². The molecule has 0 aliphatic carbocycles. The highest BCUT2D eigenvalue weighted by molar-refractivity contribution is 5.94. The Hall–Kier alpha value is -1.95. The predicted molar refractivity (Wildman–Crippen MR) is 96.5 cm³/mol. The molecule has 2 rings (SSSR count). The third-order valence-corrected chi connectivity index (χ3v) is 3.50. The summed E-state index contributed by atoms with van der Waals surface area (Å²) in [5.74, 6) is -0.391. The van der Waals surface area contributed by atoms with Crippen LogP contribution in [0.15, 0.2) is 42.5 Å². The summed E-state index contributed by atoms with van der Waals surface area (Å²) in [6, 6.07) is 12.1. The fourth-order valence-corrected chi connectivity index (χ4v) is 2.28. The van der Waals surface area contributed by atoms with Gasteiger partial charge in [0.2, 0.25) is 0 Å². The molecule has 2 aromatic carbocycles. The Balaban J connectivity index is 0.00000288. The molecule has 130 valence electrons. The van der Waals surface area contributed by atoms with Crippen molar-refractivity contribution in [2.75, 3.05) is 14.1 Å². The topological polar surface area (TPSA) is 58.4 Å². The molecule has 0 atom stereocenters. The van der Waals surface area contributed by atoms with Crippen LogP contribution >= 0.6 is 12.4 Å². The monoisotopic (exact) mass is 351 g/mol. The van der Waals surface area contributed by atoms with Crippen LogP contribution in [0.5, 0.6) is 0 Å². The second kappa shape index (κ2) is 9.37. The van der Waals surface area contributed by atoms with Gasteiger partial charge in [-0.1, -0.05) is 18.2 Å². The molecule has 2 aromatic rings. The minimum Gasteiger partial charge on any atom is -0.348 e. The lowest BCUT2D eigenvalue weighted by atomic mass is 10.1. The van der Waals surface area contributed by atoms with Gasteiger partial charge in [0, 0.05) is 30.8 Å². The third-order valence-electron chi connectivity index (χ3n) is 3.50. The summed E-state index contributed by atoms with van der Waals surface area (Å²) in [5, 5.41) is 2.85. The zero-order valence-corrected chi connectivity index (χ0v) is 14.7. The number of nitrogens with one attached hydrogen (secondary N) is 1. The minimum atomic E-state index is -0.230. The molecular weight excluding hydrogens is 329 g/mol. The maximum Gasteiger partial charge on any atom is 0.251 e. The van der Waals surface area contributed by atoms with Crippen molar-refractivity contribution in [1.29, 1.82) is 0 Å². The summed E-state index contributed by atoms with van der Waals surface area (Å²) in [5.41, 5.74) is 8.59. The molecule has 24 heavy (non-hydrogen) atoms. The fourth-order valence-electron chi connectivity index (χ4n) is 2.28. The number of halogens is 2. The highest BCUT2D eigenvalue weighted by Gasteiger charge is 2.08. The van der Waals surface area contributed by atoms with Gasteiger partial charge < -0.3 is 16.0 Å². The number of hydrogen-bond donors (Lipinski definition) is 2. The molecule has 0 fully saturated rings. The first-order chi connectivity index (χ1) is 11.0. The van der Waals surface area contributed by atoms with E-state index in [0.717, 1.165) is 11.1 Å². The van der Waals surface area contributed by atoms with E-state index in [2.05, 4.69) is 5.32 Å². The van der Waals surface area contributed by atoms with Gasteiger partial charge in [-0.2, -0.15) is 0 Å². The van der Waals surface area contributed by atoms with Crippen molar-refractivity contribution in [3.8, 4) is 0 Å². The predicted octanol–water partition coefficient (Wildman–Crippen LogP) is 2.70. The van der Waals surface area contributed by atoms with Gasteiger partial charge in [-0.3, -0.25) is 4.79 Å². The van der Waals surface area contributed by atoms with Crippen LogP contribution in [-0.2, 0) is 19.6 Å². The van der Waals surface area contributed by atoms with E-state index in [0.29, 0.717) is 30.8 Å². The lowest BCUT2D eigenvalue weighted by Crippen LogP contribution is -2.23. The summed E-state index contributed by atoms with van der Waals surface area (Å²) in [4.78, 5) is 14.0. The van der Waals surface area contributed by atoms with Crippen molar-refractivity contribution in [1.82, 2.24) is 10.2 Å². The zero-order valence-electron chi connectivity index (χ0n) is 13.9. The quantitative estimate of drug-likeness (QED) is 0.841. The Morgan fingerprint density at radius 1 is 1.12 bits per heavy atom. The van der Waals surface area contributed by atoms with E-state index in [1.807, 2.05) is 31.1 Å². The summed E-state index contributed by atoms with van der Waals surface area (Å²) in [7, 11) is 3.78.